The molecule has 0 bridgehead atoms. The third kappa shape index (κ3) is 4.08. The molecule has 0 atom stereocenters. The molecule has 1 aliphatic rings. The summed E-state index contributed by atoms with van der Waals surface area (Å²) < 4.78 is 43.3. The molecule has 170 valence electrons. The standard InChI is InChI=1S/C23H21F3N6O/c1-13-21(14(2)31(29-13)12-15-6-4-3-5-7-15)28-22(33)18-11-20-27-17(16-8-9-16)10-19(23(24,25)26)32(20)30-18/h3-7,10-11,16H,8-9,12H2,1-2H3,(H,28,33). The smallest absolute Gasteiger partial charge is 0.317 e. The van der Waals surface area contributed by atoms with Crippen LogP contribution in [0.3, 0.4) is 0 Å². The Balaban J connectivity index is 1.45. The zero-order valence-electron chi connectivity index (χ0n) is 18.0. The van der Waals surface area contributed by atoms with Gasteiger partial charge >= 0.3 is 6.18 Å². The summed E-state index contributed by atoms with van der Waals surface area (Å²) >= 11 is 0. The molecule has 33 heavy (non-hydrogen) atoms. The summed E-state index contributed by atoms with van der Waals surface area (Å²) in [5.74, 6) is -0.587. The number of rotatable bonds is 5. The Hall–Kier alpha value is -3.69. The van der Waals surface area contributed by atoms with Gasteiger partial charge in [0.05, 0.1) is 23.6 Å². The zero-order chi connectivity index (χ0) is 23.3. The number of benzene rings is 1. The van der Waals surface area contributed by atoms with E-state index in [0.29, 0.717) is 28.1 Å². The molecular weight excluding hydrogens is 433 g/mol. The van der Waals surface area contributed by atoms with Crippen molar-refractivity contribution in [3.05, 3.63) is 76.5 Å². The van der Waals surface area contributed by atoms with Gasteiger partial charge in [-0.05, 0) is 38.3 Å². The number of nitrogens with one attached hydrogen (secondary N) is 1. The highest BCUT2D eigenvalue weighted by molar-refractivity contribution is 6.04. The summed E-state index contributed by atoms with van der Waals surface area (Å²) in [7, 11) is 0. The van der Waals surface area contributed by atoms with Crippen LogP contribution < -0.4 is 5.32 Å². The first-order valence-corrected chi connectivity index (χ1v) is 10.6. The van der Waals surface area contributed by atoms with Crippen molar-refractivity contribution < 1.29 is 18.0 Å². The molecule has 1 aromatic carbocycles. The monoisotopic (exact) mass is 454 g/mol. The number of aromatic nitrogens is 5. The number of anilines is 1. The zero-order valence-corrected chi connectivity index (χ0v) is 18.0. The molecule has 5 rings (SSSR count). The predicted molar refractivity (Wildman–Crippen MR) is 115 cm³/mol. The fourth-order valence-corrected chi connectivity index (χ4v) is 3.86. The van der Waals surface area contributed by atoms with Crippen LogP contribution in [-0.2, 0) is 12.7 Å². The van der Waals surface area contributed by atoms with Crippen molar-refractivity contribution in [1.82, 2.24) is 24.4 Å². The largest absolute Gasteiger partial charge is 0.433 e. The summed E-state index contributed by atoms with van der Waals surface area (Å²) in [5.41, 5.74) is 2.21. The molecule has 0 aliphatic heterocycles. The van der Waals surface area contributed by atoms with Crippen LogP contribution in [0.1, 0.15) is 57.6 Å². The molecule has 7 nitrogen and oxygen atoms in total. The van der Waals surface area contributed by atoms with Crippen molar-refractivity contribution in [2.45, 2.75) is 45.3 Å². The van der Waals surface area contributed by atoms with Crippen molar-refractivity contribution in [2.24, 2.45) is 0 Å². The van der Waals surface area contributed by atoms with Crippen molar-refractivity contribution in [2.75, 3.05) is 5.32 Å². The number of aryl methyl sites for hydroxylation is 1. The van der Waals surface area contributed by atoms with Gasteiger partial charge in [0.2, 0.25) is 0 Å². The second-order valence-corrected chi connectivity index (χ2v) is 8.28. The van der Waals surface area contributed by atoms with Crippen LogP contribution >= 0.6 is 0 Å². The maximum Gasteiger partial charge on any atom is 0.433 e. The molecule has 3 heterocycles. The number of amides is 1. The molecular formula is C23H21F3N6O. The lowest BCUT2D eigenvalue weighted by atomic mass is 10.2. The SMILES string of the molecule is Cc1nn(Cc2ccccc2)c(C)c1NC(=O)c1cc2nc(C3CC3)cc(C(F)(F)F)n2n1. The third-order valence-electron chi connectivity index (χ3n) is 5.76. The van der Waals surface area contributed by atoms with Gasteiger partial charge < -0.3 is 5.32 Å². The van der Waals surface area contributed by atoms with Crippen LogP contribution in [0.2, 0.25) is 0 Å². The Morgan fingerprint density at radius 1 is 1.12 bits per heavy atom. The Morgan fingerprint density at radius 3 is 2.52 bits per heavy atom. The lowest BCUT2D eigenvalue weighted by Gasteiger charge is -2.10. The average Bonchev–Trinajstić information content (AvgIpc) is 3.48. The van der Waals surface area contributed by atoms with Crippen LogP contribution in [-0.4, -0.2) is 30.3 Å². The lowest BCUT2D eigenvalue weighted by molar-refractivity contribution is -0.142. The summed E-state index contributed by atoms with van der Waals surface area (Å²) in [6.07, 6.45) is -2.99. The van der Waals surface area contributed by atoms with Crippen LogP contribution in [0.15, 0.2) is 42.5 Å². The summed E-state index contributed by atoms with van der Waals surface area (Å²) in [6, 6.07) is 12.1. The van der Waals surface area contributed by atoms with Gasteiger partial charge in [0.15, 0.2) is 11.3 Å². The molecule has 1 fully saturated rings. The van der Waals surface area contributed by atoms with Crippen LogP contribution in [0.4, 0.5) is 18.9 Å². The summed E-state index contributed by atoms with van der Waals surface area (Å²) in [4.78, 5) is 17.2. The molecule has 1 N–H and O–H groups in total. The number of hydrogen-bond donors (Lipinski definition) is 1. The van der Waals surface area contributed by atoms with Gasteiger partial charge in [0.25, 0.3) is 5.91 Å². The lowest BCUT2D eigenvalue weighted by Crippen LogP contribution is -2.16. The number of carbonyl (C=O) groups is 1. The maximum absolute atomic E-state index is 13.6. The van der Waals surface area contributed by atoms with Gasteiger partial charge in [0, 0.05) is 17.7 Å². The van der Waals surface area contributed by atoms with Crippen LogP contribution in [0, 0.1) is 13.8 Å². The molecule has 4 aromatic rings. The molecule has 0 radical (unpaired) electrons. The highest BCUT2D eigenvalue weighted by atomic mass is 19.4. The molecule has 1 saturated carbocycles. The highest BCUT2D eigenvalue weighted by Crippen LogP contribution is 2.41. The van der Waals surface area contributed by atoms with E-state index in [0.717, 1.165) is 30.2 Å². The van der Waals surface area contributed by atoms with Gasteiger partial charge in [-0.25, -0.2) is 9.50 Å². The Kier molecular flexibility index (Phi) is 4.95. The van der Waals surface area contributed by atoms with E-state index in [9.17, 15) is 18.0 Å². The normalized spacial score (nSPS) is 14.1. The molecule has 1 aliphatic carbocycles. The molecule has 0 saturated heterocycles. The molecule has 10 heteroatoms. The topological polar surface area (TPSA) is 77.1 Å². The highest BCUT2D eigenvalue weighted by Gasteiger charge is 2.37. The number of halogens is 3. The Morgan fingerprint density at radius 2 is 1.85 bits per heavy atom. The van der Waals surface area contributed by atoms with Crippen LogP contribution in [0.25, 0.3) is 5.65 Å². The van der Waals surface area contributed by atoms with E-state index in [-0.39, 0.29) is 17.3 Å². The number of fused-ring (bicyclic) bond motifs is 1. The minimum absolute atomic E-state index is 0.00471. The van der Waals surface area contributed by atoms with Crippen molar-refractivity contribution >= 4 is 17.2 Å². The van der Waals surface area contributed by atoms with Gasteiger partial charge in [0.1, 0.15) is 5.69 Å². The van der Waals surface area contributed by atoms with Crippen LogP contribution in [0.5, 0.6) is 0 Å². The minimum atomic E-state index is -4.61. The number of alkyl halides is 3. The summed E-state index contributed by atoms with van der Waals surface area (Å²) in [6.45, 7) is 4.12. The quantitative estimate of drug-likeness (QED) is 0.473. The first-order chi connectivity index (χ1) is 15.7. The van der Waals surface area contributed by atoms with E-state index in [1.165, 1.54) is 6.07 Å². The first kappa shape index (κ1) is 21.2. The van der Waals surface area contributed by atoms with Gasteiger partial charge in [-0.15, -0.1) is 0 Å². The van der Waals surface area contributed by atoms with Crippen molar-refractivity contribution in [3.8, 4) is 0 Å². The van der Waals surface area contributed by atoms with E-state index in [4.69, 9.17) is 0 Å². The second-order valence-electron chi connectivity index (χ2n) is 8.28. The van der Waals surface area contributed by atoms with E-state index < -0.39 is 17.8 Å². The van der Waals surface area contributed by atoms with E-state index in [2.05, 4.69) is 20.5 Å². The Labute approximate surface area is 187 Å². The van der Waals surface area contributed by atoms with E-state index in [1.54, 1.807) is 11.6 Å². The fourth-order valence-electron chi connectivity index (χ4n) is 3.86. The molecule has 1 amide bonds. The van der Waals surface area contributed by atoms with E-state index >= 15 is 0 Å². The summed E-state index contributed by atoms with van der Waals surface area (Å²) in [5, 5.41) is 11.2. The van der Waals surface area contributed by atoms with Crippen molar-refractivity contribution in [1.29, 1.82) is 0 Å². The van der Waals surface area contributed by atoms with E-state index in [1.807, 2.05) is 37.3 Å². The maximum atomic E-state index is 13.6. The van der Waals surface area contributed by atoms with Gasteiger partial charge in [-0.1, -0.05) is 30.3 Å². The minimum Gasteiger partial charge on any atom is -0.317 e. The van der Waals surface area contributed by atoms with Gasteiger partial charge in [-0.3, -0.25) is 9.48 Å². The molecule has 0 unspecified atom stereocenters. The van der Waals surface area contributed by atoms with Gasteiger partial charge in [-0.2, -0.15) is 23.4 Å². The third-order valence-corrected chi connectivity index (χ3v) is 5.76. The average molecular weight is 454 g/mol. The number of hydrogen-bond acceptors (Lipinski definition) is 4. The Bertz CT molecular complexity index is 1350. The predicted octanol–water partition coefficient (Wildman–Crippen LogP) is 4.74. The fraction of sp³-hybridized carbons (Fsp3) is 0.304. The van der Waals surface area contributed by atoms with Crippen molar-refractivity contribution in [3.63, 3.8) is 0 Å². The number of nitrogens with zero attached hydrogens (tertiary/aromatic N) is 5. The second kappa shape index (κ2) is 7.72. The number of carbonyl (C=O) groups excluding carboxylic acids is 1. The molecule has 0 spiro atoms. The first-order valence-electron chi connectivity index (χ1n) is 10.6. The molecule has 3 aromatic heterocycles.